The Bertz CT molecular complexity index is 370. The number of aryl methyl sites for hydroxylation is 2. The highest BCUT2D eigenvalue weighted by molar-refractivity contribution is 5.96. The van der Waals surface area contributed by atoms with Crippen LogP contribution in [0.5, 0.6) is 0 Å². The summed E-state index contributed by atoms with van der Waals surface area (Å²) in [6, 6.07) is -0.0171. The Kier molecular flexibility index (Phi) is 3.47. The third kappa shape index (κ3) is 2.36. The number of nitrogens with two attached hydrogens (primary N) is 1. The van der Waals surface area contributed by atoms with E-state index in [1.807, 2.05) is 27.8 Å². The van der Waals surface area contributed by atoms with E-state index in [4.69, 9.17) is 5.73 Å². The first-order valence-corrected chi connectivity index (χ1v) is 4.98. The molecule has 5 heteroatoms. The molecule has 0 saturated carbocycles. The van der Waals surface area contributed by atoms with Crippen LogP contribution < -0.4 is 11.1 Å². The Labute approximate surface area is 89.6 Å². The maximum Gasteiger partial charge on any atom is 0.255 e. The van der Waals surface area contributed by atoms with Crippen molar-refractivity contribution in [2.45, 2.75) is 26.8 Å². The van der Waals surface area contributed by atoms with Gasteiger partial charge in [0.2, 0.25) is 0 Å². The Morgan fingerprint density at radius 2 is 2.20 bits per heavy atom. The molecule has 0 aliphatic carbocycles. The van der Waals surface area contributed by atoms with E-state index in [2.05, 4.69) is 10.4 Å². The van der Waals surface area contributed by atoms with E-state index < -0.39 is 0 Å². The van der Waals surface area contributed by atoms with Gasteiger partial charge in [-0.15, -0.1) is 0 Å². The summed E-state index contributed by atoms with van der Waals surface area (Å²) in [5.74, 6) is -0.101. The normalized spacial score (nSPS) is 12.6. The van der Waals surface area contributed by atoms with Crippen molar-refractivity contribution in [3.8, 4) is 0 Å². The van der Waals surface area contributed by atoms with Gasteiger partial charge in [0.1, 0.15) is 0 Å². The second-order valence-electron chi connectivity index (χ2n) is 3.78. The summed E-state index contributed by atoms with van der Waals surface area (Å²) in [6.07, 6.45) is 0. The topological polar surface area (TPSA) is 72.9 Å². The van der Waals surface area contributed by atoms with Crippen LogP contribution in [0.1, 0.15) is 28.7 Å². The summed E-state index contributed by atoms with van der Waals surface area (Å²) in [6.45, 7) is 6.01. The summed E-state index contributed by atoms with van der Waals surface area (Å²) in [5.41, 5.74) is 7.71. The predicted molar refractivity (Wildman–Crippen MR) is 58.7 cm³/mol. The van der Waals surface area contributed by atoms with Crippen LogP contribution in [0.4, 0.5) is 0 Å². The maximum absolute atomic E-state index is 11.8. The van der Waals surface area contributed by atoms with E-state index in [-0.39, 0.29) is 11.9 Å². The van der Waals surface area contributed by atoms with E-state index in [9.17, 15) is 4.79 Å². The summed E-state index contributed by atoms with van der Waals surface area (Å²) in [5, 5.41) is 7.01. The molecule has 0 fully saturated rings. The molecule has 1 atom stereocenters. The molecule has 5 nitrogen and oxygen atoms in total. The van der Waals surface area contributed by atoms with Crippen molar-refractivity contribution in [2.24, 2.45) is 12.8 Å². The summed E-state index contributed by atoms with van der Waals surface area (Å²) in [7, 11) is 1.82. The molecule has 0 aliphatic rings. The molecule has 0 aromatic carbocycles. The van der Waals surface area contributed by atoms with E-state index in [1.165, 1.54) is 0 Å². The van der Waals surface area contributed by atoms with Crippen LogP contribution in [0.2, 0.25) is 0 Å². The lowest BCUT2D eigenvalue weighted by Gasteiger charge is -2.11. The minimum Gasteiger partial charge on any atom is -0.348 e. The molecule has 84 valence electrons. The molecule has 1 aromatic rings. The van der Waals surface area contributed by atoms with Gasteiger partial charge >= 0.3 is 0 Å². The Morgan fingerprint density at radius 3 is 2.60 bits per heavy atom. The molecular weight excluding hydrogens is 192 g/mol. The van der Waals surface area contributed by atoms with Crippen LogP contribution in [0.15, 0.2) is 0 Å². The van der Waals surface area contributed by atoms with Crippen molar-refractivity contribution < 1.29 is 4.79 Å². The number of amides is 1. The largest absolute Gasteiger partial charge is 0.348 e. The van der Waals surface area contributed by atoms with Gasteiger partial charge < -0.3 is 11.1 Å². The van der Waals surface area contributed by atoms with E-state index in [0.717, 1.165) is 11.4 Å². The average Bonchev–Trinajstić information content (AvgIpc) is 2.41. The Balaban J connectivity index is 2.91. The maximum atomic E-state index is 11.8. The fourth-order valence-corrected chi connectivity index (χ4v) is 1.46. The molecule has 1 rings (SSSR count). The minimum absolute atomic E-state index is 0.0171. The number of hydrogen-bond donors (Lipinski definition) is 2. The average molecular weight is 210 g/mol. The molecule has 3 N–H and O–H groups in total. The van der Waals surface area contributed by atoms with Crippen molar-refractivity contribution >= 4 is 5.91 Å². The Hall–Kier alpha value is -1.36. The molecule has 0 spiro atoms. The highest BCUT2D eigenvalue weighted by atomic mass is 16.1. The summed E-state index contributed by atoms with van der Waals surface area (Å²) in [4.78, 5) is 11.8. The lowest BCUT2D eigenvalue weighted by molar-refractivity contribution is 0.0940. The predicted octanol–water partition coefficient (Wildman–Crippen LogP) is 0.114. The van der Waals surface area contributed by atoms with Crippen LogP contribution in [0.25, 0.3) is 0 Å². The summed E-state index contributed by atoms with van der Waals surface area (Å²) >= 11 is 0. The van der Waals surface area contributed by atoms with Gasteiger partial charge in [0.15, 0.2) is 0 Å². The van der Waals surface area contributed by atoms with Gasteiger partial charge in [-0.05, 0) is 20.8 Å². The number of carbonyl (C=O) groups is 1. The third-order valence-corrected chi connectivity index (χ3v) is 2.47. The van der Waals surface area contributed by atoms with Crippen molar-refractivity contribution in [1.82, 2.24) is 15.1 Å². The van der Waals surface area contributed by atoms with Crippen LogP contribution in [-0.4, -0.2) is 28.3 Å². The number of nitrogens with one attached hydrogen (secondary N) is 1. The Morgan fingerprint density at radius 1 is 1.60 bits per heavy atom. The van der Waals surface area contributed by atoms with Crippen molar-refractivity contribution in [2.75, 3.05) is 6.54 Å². The minimum atomic E-state index is -0.101. The lowest BCUT2D eigenvalue weighted by atomic mass is 10.1. The molecule has 0 radical (unpaired) electrons. The van der Waals surface area contributed by atoms with Gasteiger partial charge in [0.25, 0.3) is 5.91 Å². The van der Waals surface area contributed by atoms with Crippen LogP contribution in [0, 0.1) is 13.8 Å². The zero-order chi connectivity index (χ0) is 11.6. The van der Waals surface area contributed by atoms with Gasteiger partial charge in [-0.1, -0.05) is 0 Å². The lowest BCUT2D eigenvalue weighted by Crippen LogP contribution is -2.38. The fraction of sp³-hybridized carbons (Fsp3) is 0.600. The van der Waals surface area contributed by atoms with Gasteiger partial charge in [0.05, 0.1) is 11.3 Å². The van der Waals surface area contributed by atoms with Gasteiger partial charge in [-0.25, -0.2) is 0 Å². The standard InChI is InChI=1S/C10H18N4O/c1-6(5-11)12-10(15)9-7(2)13-14(4)8(9)3/h6H,5,11H2,1-4H3,(H,12,15)/t6-/m1/s1. The van der Waals surface area contributed by atoms with E-state index in [0.29, 0.717) is 12.1 Å². The third-order valence-electron chi connectivity index (χ3n) is 2.47. The quantitative estimate of drug-likeness (QED) is 0.744. The van der Waals surface area contributed by atoms with Gasteiger partial charge in [-0.2, -0.15) is 5.10 Å². The number of aromatic nitrogens is 2. The number of carbonyl (C=O) groups excluding carboxylic acids is 1. The second kappa shape index (κ2) is 4.44. The number of hydrogen-bond acceptors (Lipinski definition) is 3. The highest BCUT2D eigenvalue weighted by Crippen LogP contribution is 2.11. The number of nitrogens with zero attached hydrogens (tertiary/aromatic N) is 2. The zero-order valence-electron chi connectivity index (χ0n) is 9.66. The van der Waals surface area contributed by atoms with E-state index in [1.54, 1.807) is 4.68 Å². The van der Waals surface area contributed by atoms with Gasteiger partial charge in [0, 0.05) is 25.3 Å². The molecule has 15 heavy (non-hydrogen) atoms. The van der Waals surface area contributed by atoms with Gasteiger partial charge in [-0.3, -0.25) is 9.48 Å². The monoisotopic (exact) mass is 210 g/mol. The molecular formula is C10H18N4O. The molecule has 0 unspecified atom stereocenters. The van der Waals surface area contributed by atoms with E-state index >= 15 is 0 Å². The molecule has 0 aliphatic heterocycles. The summed E-state index contributed by atoms with van der Waals surface area (Å²) < 4.78 is 1.71. The first kappa shape index (κ1) is 11.7. The zero-order valence-corrected chi connectivity index (χ0v) is 9.66. The van der Waals surface area contributed by atoms with Crippen LogP contribution in [0.3, 0.4) is 0 Å². The molecule has 0 bridgehead atoms. The van der Waals surface area contributed by atoms with Crippen LogP contribution in [-0.2, 0) is 7.05 Å². The molecule has 1 aromatic heterocycles. The molecule has 1 amide bonds. The number of rotatable bonds is 3. The van der Waals surface area contributed by atoms with Crippen LogP contribution >= 0.6 is 0 Å². The smallest absolute Gasteiger partial charge is 0.255 e. The highest BCUT2D eigenvalue weighted by Gasteiger charge is 2.17. The van der Waals surface area contributed by atoms with Crippen molar-refractivity contribution in [1.29, 1.82) is 0 Å². The van der Waals surface area contributed by atoms with Crippen molar-refractivity contribution in [3.05, 3.63) is 17.0 Å². The second-order valence-corrected chi connectivity index (χ2v) is 3.78. The molecule has 0 saturated heterocycles. The first-order valence-electron chi connectivity index (χ1n) is 4.98. The SMILES string of the molecule is Cc1nn(C)c(C)c1C(=O)N[C@H](C)CN. The van der Waals surface area contributed by atoms with Crippen molar-refractivity contribution in [3.63, 3.8) is 0 Å². The molecule has 1 heterocycles. The first-order chi connectivity index (χ1) is 6.97. The fourth-order valence-electron chi connectivity index (χ4n) is 1.46.